The molecule has 15 heavy (non-hydrogen) atoms. The number of hydrogen-bond donors (Lipinski definition) is 1. The maximum absolute atomic E-state index is 3.75. The van der Waals surface area contributed by atoms with Crippen molar-refractivity contribution in [2.75, 3.05) is 0 Å². The Bertz CT molecular complexity index is 312. The predicted molar refractivity (Wildman–Crippen MR) is 59.0 cm³/mol. The van der Waals surface area contributed by atoms with Crippen LogP contribution in [0.1, 0.15) is 11.5 Å². The van der Waals surface area contributed by atoms with E-state index >= 15 is 0 Å². The van der Waals surface area contributed by atoms with E-state index in [-0.39, 0.29) is 24.0 Å². The van der Waals surface area contributed by atoms with E-state index in [0.29, 0.717) is 0 Å². The summed E-state index contributed by atoms with van der Waals surface area (Å²) < 4.78 is 2.20. The van der Waals surface area contributed by atoms with Gasteiger partial charge in [0.2, 0.25) is 0 Å². The molecule has 0 radical (unpaired) electrons. The van der Waals surface area contributed by atoms with E-state index in [4.69, 9.17) is 0 Å². The third kappa shape index (κ3) is 3.66. The molecule has 1 heterocycles. The molecule has 1 rings (SSSR count). The highest BCUT2D eigenvalue weighted by Crippen LogP contribution is 1.98. The van der Waals surface area contributed by atoms with Gasteiger partial charge >= 0.3 is 0 Å². The first-order chi connectivity index (χ1) is 6.83. The van der Waals surface area contributed by atoms with Crippen LogP contribution in [0.5, 0.6) is 0 Å². The van der Waals surface area contributed by atoms with E-state index in [9.17, 15) is 0 Å². The second-order valence-electron chi connectivity index (χ2n) is 3.11. The molecule has 0 saturated heterocycles. The Morgan fingerprint density at radius 1 is 1.13 bits per heavy atom. The number of nitrogens with one attached hydrogen (secondary N) is 1. The number of rotatable bonds is 6. The van der Waals surface area contributed by atoms with Crippen molar-refractivity contribution >= 4 is 0 Å². The minimum atomic E-state index is 0. The molecular weight excluding hydrogens is 299 g/mol. The van der Waals surface area contributed by atoms with Crippen LogP contribution in [-0.2, 0) is 19.4 Å². The van der Waals surface area contributed by atoms with Crippen LogP contribution in [0.25, 0.3) is 0 Å². The Morgan fingerprint density at radius 3 is 2.33 bits per heavy atom. The van der Waals surface area contributed by atoms with Gasteiger partial charge in [-0.1, -0.05) is 24.8 Å². The second-order valence-corrected chi connectivity index (χ2v) is 3.11. The Hall–Kier alpha value is -0.840. The minimum Gasteiger partial charge on any atom is -1.00 e. The van der Waals surface area contributed by atoms with Gasteiger partial charge in [-0.15, -0.1) is 13.2 Å². The summed E-state index contributed by atoms with van der Waals surface area (Å²) in [5.41, 5.74) is 1.23. The molecule has 3 heteroatoms. The second kappa shape index (κ2) is 7.45. The largest absolute Gasteiger partial charge is 1.00 e. The molecule has 1 N–H and O–H groups in total. The molecule has 0 aromatic carbocycles. The standard InChI is InChI=1S/C12H16N2.HI/c1-4-7-11-10-13-12(8-5-2)14(11)9-6-3;/h4-6,10H,1-3,7-9H2;1H. The van der Waals surface area contributed by atoms with Crippen molar-refractivity contribution in [3.05, 3.63) is 55.7 Å². The lowest BCUT2D eigenvalue weighted by Gasteiger charge is -1.98. The quantitative estimate of drug-likeness (QED) is 0.393. The van der Waals surface area contributed by atoms with E-state index < -0.39 is 0 Å². The normalized spacial score (nSPS) is 9.07. The lowest BCUT2D eigenvalue weighted by atomic mass is 10.3. The summed E-state index contributed by atoms with van der Waals surface area (Å²) in [6.07, 6.45) is 9.44. The lowest BCUT2D eigenvalue weighted by Crippen LogP contribution is -3.00. The number of aromatic nitrogens is 2. The molecule has 0 amide bonds. The first kappa shape index (κ1) is 14.2. The molecular formula is C12H17IN2. The molecule has 0 aliphatic rings. The van der Waals surface area contributed by atoms with E-state index in [1.54, 1.807) is 0 Å². The van der Waals surface area contributed by atoms with Crippen LogP contribution in [0.3, 0.4) is 0 Å². The number of hydrogen-bond acceptors (Lipinski definition) is 0. The molecule has 2 nitrogen and oxygen atoms in total. The first-order valence-corrected chi connectivity index (χ1v) is 4.75. The third-order valence-electron chi connectivity index (χ3n) is 2.08. The van der Waals surface area contributed by atoms with Crippen LogP contribution < -0.4 is 28.5 Å². The minimum absolute atomic E-state index is 0. The Morgan fingerprint density at radius 2 is 1.80 bits per heavy atom. The van der Waals surface area contributed by atoms with E-state index in [1.807, 2.05) is 24.4 Å². The monoisotopic (exact) mass is 316 g/mol. The highest BCUT2D eigenvalue weighted by molar-refractivity contribution is 4.99. The zero-order valence-electron chi connectivity index (χ0n) is 8.88. The molecule has 0 bridgehead atoms. The van der Waals surface area contributed by atoms with Crippen molar-refractivity contribution in [2.45, 2.75) is 19.4 Å². The predicted octanol–water partition coefficient (Wildman–Crippen LogP) is -1.05. The van der Waals surface area contributed by atoms with Gasteiger partial charge in [-0.25, -0.2) is 9.55 Å². The van der Waals surface area contributed by atoms with Crippen molar-refractivity contribution in [1.82, 2.24) is 4.98 Å². The summed E-state index contributed by atoms with van der Waals surface area (Å²) in [5.74, 6) is 1.16. The summed E-state index contributed by atoms with van der Waals surface area (Å²) in [7, 11) is 0. The van der Waals surface area contributed by atoms with E-state index in [2.05, 4.69) is 29.3 Å². The number of halogens is 1. The molecule has 82 valence electrons. The molecule has 0 spiro atoms. The topological polar surface area (TPSA) is 19.7 Å². The highest BCUT2D eigenvalue weighted by atomic mass is 127. The maximum Gasteiger partial charge on any atom is 0.258 e. The van der Waals surface area contributed by atoms with Gasteiger partial charge in [-0.2, -0.15) is 0 Å². The van der Waals surface area contributed by atoms with Gasteiger partial charge in [0.1, 0.15) is 18.4 Å². The summed E-state index contributed by atoms with van der Waals surface area (Å²) in [6, 6.07) is 0. The fourth-order valence-corrected chi connectivity index (χ4v) is 1.48. The zero-order valence-corrected chi connectivity index (χ0v) is 11.0. The zero-order chi connectivity index (χ0) is 10.4. The van der Waals surface area contributed by atoms with Crippen molar-refractivity contribution in [2.24, 2.45) is 0 Å². The number of H-pyrrole nitrogens is 1. The molecule has 0 fully saturated rings. The third-order valence-corrected chi connectivity index (χ3v) is 2.08. The van der Waals surface area contributed by atoms with Gasteiger partial charge < -0.3 is 24.0 Å². The smallest absolute Gasteiger partial charge is 0.258 e. The summed E-state index contributed by atoms with van der Waals surface area (Å²) in [4.78, 5) is 3.24. The Kier molecular flexibility index (Phi) is 7.03. The van der Waals surface area contributed by atoms with Crippen molar-refractivity contribution in [3.8, 4) is 0 Å². The molecule has 0 aliphatic heterocycles. The van der Waals surface area contributed by atoms with Crippen molar-refractivity contribution in [3.63, 3.8) is 0 Å². The SMILES string of the molecule is C=CCc1c[nH]c(CC=C)[n+]1CC=C.[I-]. The fraction of sp³-hybridized carbons (Fsp3) is 0.250. The maximum atomic E-state index is 3.75. The fourth-order valence-electron chi connectivity index (χ4n) is 1.48. The number of imidazole rings is 1. The van der Waals surface area contributed by atoms with Crippen LogP contribution >= 0.6 is 0 Å². The molecule has 0 unspecified atom stereocenters. The van der Waals surface area contributed by atoms with Crippen LogP contribution in [0.4, 0.5) is 0 Å². The molecule has 1 aromatic heterocycles. The first-order valence-electron chi connectivity index (χ1n) is 4.75. The van der Waals surface area contributed by atoms with Crippen molar-refractivity contribution < 1.29 is 28.5 Å². The van der Waals surface area contributed by atoms with Gasteiger partial charge in [0.05, 0.1) is 6.42 Å². The molecule has 0 aliphatic carbocycles. The number of nitrogens with zero attached hydrogens (tertiary/aromatic N) is 1. The van der Waals surface area contributed by atoms with Crippen LogP contribution in [0.15, 0.2) is 44.2 Å². The average molecular weight is 316 g/mol. The summed E-state index contributed by atoms with van der Waals surface area (Å²) >= 11 is 0. The van der Waals surface area contributed by atoms with E-state index in [1.165, 1.54) is 5.69 Å². The molecule has 0 atom stereocenters. The highest BCUT2D eigenvalue weighted by Gasteiger charge is 2.13. The molecule has 0 saturated carbocycles. The molecule has 1 aromatic rings. The van der Waals surface area contributed by atoms with Gasteiger partial charge in [0.15, 0.2) is 0 Å². The number of allylic oxidation sites excluding steroid dienone is 3. The van der Waals surface area contributed by atoms with E-state index in [0.717, 1.165) is 25.2 Å². The number of aromatic amines is 1. The average Bonchev–Trinajstić information content (AvgIpc) is 2.52. The van der Waals surface area contributed by atoms with Crippen molar-refractivity contribution in [1.29, 1.82) is 0 Å². The van der Waals surface area contributed by atoms with Crippen LogP contribution in [0.2, 0.25) is 0 Å². The lowest BCUT2D eigenvalue weighted by molar-refractivity contribution is -0.699. The van der Waals surface area contributed by atoms with Crippen LogP contribution in [0, 0.1) is 0 Å². The van der Waals surface area contributed by atoms with Gasteiger partial charge in [0.25, 0.3) is 5.82 Å². The van der Waals surface area contributed by atoms with Gasteiger partial charge in [0, 0.05) is 6.42 Å². The van der Waals surface area contributed by atoms with Gasteiger partial charge in [-0.3, -0.25) is 0 Å². The van der Waals surface area contributed by atoms with Crippen LogP contribution in [-0.4, -0.2) is 4.98 Å². The summed E-state index contributed by atoms with van der Waals surface area (Å²) in [5, 5.41) is 0. The Balaban J connectivity index is 0.00000196. The Labute approximate surface area is 108 Å². The summed E-state index contributed by atoms with van der Waals surface area (Å²) in [6.45, 7) is 12.1. The van der Waals surface area contributed by atoms with Gasteiger partial charge in [-0.05, 0) is 0 Å².